The van der Waals surface area contributed by atoms with Gasteiger partial charge in [0, 0.05) is 25.6 Å². The molecule has 13 heteroatoms. The minimum Gasteiger partial charge on any atom is -0.460 e. The van der Waals surface area contributed by atoms with Gasteiger partial charge in [-0.3, -0.25) is 24.1 Å². The number of piperidine rings is 1. The summed E-state index contributed by atoms with van der Waals surface area (Å²) < 4.78 is 16.7. The summed E-state index contributed by atoms with van der Waals surface area (Å²) in [4.78, 5) is 70.1. The molecule has 0 spiro atoms. The summed E-state index contributed by atoms with van der Waals surface area (Å²) in [5.41, 5.74) is -2.55. The van der Waals surface area contributed by atoms with Gasteiger partial charge in [0.05, 0.1) is 17.7 Å². The van der Waals surface area contributed by atoms with E-state index in [1.54, 1.807) is 82.4 Å². The highest BCUT2D eigenvalue weighted by atomic mass is 16.6. The molecule has 1 unspecified atom stereocenters. The van der Waals surface area contributed by atoms with Crippen molar-refractivity contribution < 1.29 is 43.3 Å². The second-order valence-electron chi connectivity index (χ2n) is 18.4. The Kier molecular flexibility index (Phi) is 16.9. The van der Waals surface area contributed by atoms with Gasteiger partial charge in [0.2, 0.25) is 17.7 Å². The van der Waals surface area contributed by atoms with Crippen molar-refractivity contribution in [2.45, 2.75) is 183 Å². The van der Waals surface area contributed by atoms with E-state index in [9.17, 15) is 29.1 Å². The molecule has 1 heterocycles. The third-order valence-electron chi connectivity index (χ3n) is 8.30. The van der Waals surface area contributed by atoms with E-state index in [4.69, 9.17) is 14.2 Å². The average molecular weight is 739 g/mol. The van der Waals surface area contributed by atoms with Gasteiger partial charge in [0.25, 0.3) is 0 Å². The monoisotopic (exact) mass is 739 g/mol. The minimum absolute atomic E-state index is 0.0578. The number of amides is 4. The van der Waals surface area contributed by atoms with Crippen molar-refractivity contribution in [3.63, 3.8) is 0 Å². The fourth-order valence-corrected chi connectivity index (χ4v) is 5.74. The normalized spacial score (nSPS) is 18.5. The number of rotatable bonds is 13. The zero-order valence-electron chi connectivity index (χ0n) is 34.9. The molecule has 0 aliphatic carbocycles. The number of aliphatic hydroxyl groups is 1. The predicted molar refractivity (Wildman–Crippen MR) is 201 cm³/mol. The van der Waals surface area contributed by atoms with Gasteiger partial charge in [0.1, 0.15) is 23.3 Å². The number of ether oxygens (including phenoxy) is 3. The lowest BCUT2D eigenvalue weighted by molar-refractivity contribution is -0.183. The highest BCUT2D eigenvalue weighted by Gasteiger charge is 2.41. The average Bonchev–Trinajstić information content (AvgIpc) is 2.96. The van der Waals surface area contributed by atoms with Crippen molar-refractivity contribution in [2.24, 2.45) is 11.3 Å². The number of likely N-dealkylation sites (tertiary alicyclic amines) is 1. The first kappa shape index (κ1) is 46.8. The number of nitrogens with zero attached hydrogens (tertiary/aromatic N) is 2. The van der Waals surface area contributed by atoms with Gasteiger partial charge in [-0.05, 0) is 106 Å². The van der Waals surface area contributed by atoms with Crippen molar-refractivity contribution >= 4 is 29.8 Å². The van der Waals surface area contributed by atoms with Crippen LogP contribution in [0.4, 0.5) is 4.79 Å². The fraction of sp³-hybridized carbons (Fsp3) is 0.821. The van der Waals surface area contributed by atoms with E-state index in [2.05, 4.69) is 10.6 Å². The van der Waals surface area contributed by atoms with E-state index >= 15 is 0 Å². The lowest BCUT2D eigenvalue weighted by atomic mass is 9.84. The van der Waals surface area contributed by atoms with Crippen LogP contribution in [0.15, 0.2) is 11.6 Å². The molecular weight excluding hydrogens is 668 g/mol. The Morgan fingerprint density at radius 1 is 0.865 bits per heavy atom. The van der Waals surface area contributed by atoms with E-state index in [1.807, 2.05) is 34.6 Å². The van der Waals surface area contributed by atoms with Gasteiger partial charge >= 0.3 is 12.1 Å². The van der Waals surface area contributed by atoms with Gasteiger partial charge < -0.3 is 34.9 Å². The fourth-order valence-electron chi connectivity index (χ4n) is 5.74. The number of hydrogen-bond donors (Lipinski definition) is 3. The van der Waals surface area contributed by atoms with Crippen LogP contribution in [-0.2, 0) is 33.4 Å². The molecular formula is C39H70N4O9. The molecule has 5 atom stereocenters. The minimum atomic E-state index is -1.41. The Labute approximate surface area is 312 Å². The van der Waals surface area contributed by atoms with E-state index in [0.29, 0.717) is 13.0 Å². The summed E-state index contributed by atoms with van der Waals surface area (Å²) in [5, 5.41) is 16.7. The summed E-state index contributed by atoms with van der Waals surface area (Å²) in [6.07, 6.45) is 1.68. The van der Waals surface area contributed by atoms with E-state index in [1.165, 1.54) is 9.80 Å². The maximum absolute atomic E-state index is 14.2. The molecule has 4 amide bonds. The first-order valence-electron chi connectivity index (χ1n) is 18.6. The van der Waals surface area contributed by atoms with E-state index in [0.717, 1.165) is 12.8 Å². The maximum Gasteiger partial charge on any atom is 0.410 e. The van der Waals surface area contributed by atoms with Gasteiger partial charge in [-0.15, -0.1) is 0 Å². The number of carbonyl (C=O) groups excluding carboxylic acids is 5. The van der Waals surface area contributed by atoms with E-state index < -0.39 is 76.6 Å². The molecule has 0 aromatic carbocycles. The molecule has 0 radical (unpaired) electrons. The first-order valence-corrected chi connectivity index (χ1v) is 18.6. The van der Waals surface area contributed by atoms with Gasteiger partial charge in [-0.2, -0.15) is 0 Å². The quantitative estimate of drug-likeness (QED) is 0.126. The highest BCUT2D eigenvalue weighted by Crippen LogP contribution is 2.26. The number of carbonyl (C=O) groups is 5. The highest BCUT2D eigenvalue weighted by molar-refractivity contribution is 5.94. The molecule has 1 fully saturated rings. The molecule has 0 aromatic rings. The van der Waals surface area contributed by atoms with Crippen LogP contribution in [0.2, 0.25) is 0 Å². The molecule has 13 nitrogen and oxygen atoms in total. The SMILES string of the molecule is C/C(=C\[C@H](C(C)C)N(C)C(=O)[C@@H](NC(=O)[C@H]1CCCCN1C(=O)OC(C)(C)C)C(C)(C)C)C(=O)N[C@H](CCC(=O)OC(C)(C)C)C(O)OC(C)(C)C. The Hall–Kier alpha value is -3.19. The summed E-state index contributed by atoms with van der Waals surface area (Å²) in [7, 11) is 1.64. The van der Waals surface area contributed by atoms with Crippen LogP contribution in [0.25, 0.3) is 0 Å². The van der Waals surface area contributed by atoms with Gasteiger partial charge in [0.15, 0.2) is 6.29 Å². The van der Waals surface area contributed by atoms with E-state index in [-0.39, 0.29) is 30.2 Å². The standard InChI is InChI=1S/C39H70N4O9/c1-24(2)28(23-25(3)31(45)40-26(34(48)51-38(10,11)12)20-21-29(44)50-37(7,8)9)42(16)33(47)30(36(4,5)6)41-32(46)27-19-17-18-22-43(27)35(49)52-39(13,14)15/h23-24,26-28,30,34,48H,17-22H2,1-16H3,(H,40,45)(H,41,46)/b25-23+/t26-,27-,28-,30-,34?/m1/s1. The van der Waals surface area contributed by atoms with Crippen LogP contribution in [-0.4, -0.2) is 106 Å². The van der Waals surface area contributed by atoms with Crippen LogP contribution >= 0.6 is 0 Å². The molecule has 3 N–H and O–H groups in total. The summed E-state index contributed by atoms with van der Waals surface area (Å²) in [6, 6.07) is -3.21. The topological polar surface area (TPSA) is 164 Å². The van der Waals surface area contributed by atoms with Crippen LogP contribution < -0.4 is 10.6 Å². The third-order valence-corrected chi connectivity index (χ3v) is 8.30. The third kappa shape index (κ3) is 16.2. The second-order valence-corrected chi connectivity index (χ2v) is 18.4. The number of aliphatic hydroxyl groups excluding tert-OH is 1. The predicted octanol–water partition coefficient (Wildman–Crippen LogP) is 5.48. The smallest absolute Gasteiger partial charge is 0.410 e. The summed E-state index contributed by atoms with van der Waals surface area (Å²) in [6.45, 7) is 27.3. The second kappa shape index (κ2) is 18.7. The summed E-state index contributed by atoms with van der Waals surface area (Å²) in [5.74, 6) is -1.88. The van der Waals surface area contributed by atoms with Crippen molar-refractivity contribution in [2.75, 3.05) is 13.6 Å². The number of esters is 1. The molecule has 52 heavy (non-hydrogen) atoms. The molecule has 0 saturated carbocycles. The summed E-state index contributed by atoms with van der Waals surface area (Å²) >= 11 is 0. The molecule has 0 aromatic heterocycles. The molecule has 1 aliphatic heterocycles. The van der Waals surface area contributed by atoms with Crippen LogP contribution in [0.1, 0.15) is 136 Å². The molecule has 1 aliphatic rings. The molecule has 1 rings (SSSR count). The molecule has 0 bridgehead atoms. The van der Waals surface area contributed by atoms with Crippen molar-refractivity contribution in [1.82, 2.24) is 20.4 Å². The zero-order valence-corrected chi connectivity index (χ0v) is 34.9. The Balaban J connectivity index is 3.29. The van der Waals surface area contributed by atoms with Crippen molar-refractivity contribution in [3.05, 3.63) is 11.6 Å². The maximum atomic E-state index is 14.2. The Morgan fingerprint density at radius 3 is 1.90 bits per heavy atom. The largest absolute Gasteiger partial charge is 0.460 e. The zero-order chi connectivity index (χ0) is 40.6. The van der Waals surface area contributed by atoms with Gasteiger partial charge in [-0.25, -0.2) is 4.79 Å². The Morgan fingerprint density at radius 2 is 1.42 bits per heavy atom. The lowest BCUT2D eigenvalue weighted by Crippen LogP contribution is -2.60. The van der Waals surface area contributed by atoms with Crippen LogP contribution in [0.5, 0.6) is 0 Å². The van der Waals surface area contributed by atoms with Crippen LogP contribution in [0, 0.1) is 11.3 Å². The van der Waals surface area contributed by atoms with Gasteiger partial charge in [-0.1, -0.05) is 40.7 Å². The number of nitrogens with one attached hydrogen (secondary N) is 2. The molecule has 300 valence electrons. The number of hydrogen-bond acceptors (Lipinski definition) is 9. The number of likely N-dealkylation sites (N-methyl/N-ethyl adjacent to an activating group) is 1. The van der Waals surface area contributed by atoms with Crippen LogP contribution in [0.3, 0.4) is 0 Å². The molecule has 1 saturated heterocycles. The first-order chi connectivity index (χ1) is 23.4. The van der Waals surface area contributed by atoms with Crippen molar-refractivity contribution in [3.8, 4) is 0 Å². The lowest BCUT2D eigenvalue weighted by Gasteiger charge is -2.40. The Bertz CT molecular complexity index is 1270. The van der Waals surface area contributed by atoms with Crippen molar-refractivity contribution in [1.29, 1.82) is 0 Å².